The van der Waals surface area contributed by atoms with E-state index in [4.69, 9.17) is 5.73 Å². The van der Waals surface area contributed by atoms with Gasteiger partial charge in [0, 0.05) is 24.7 Å². The number of nitrogens with two attached hydrogens (primary N) is 1. The molecule has 0 spiro atoms. The summed E-state index contributed by atoms with van der Waals surface area (Å²) in [5.41, 5.74) is 6.57. The van der Waals surface area contributed by atoms with Gasteiger partial charge < -0.3 is 16.2 Å². The summed E-state index contributed by atoms with van der Waals surface area (Å²) in [6.07, 6.45) is 12.2. The van der Waals surface area contributed by atoms with Gasteiger partial charge in [-0.05, 0) is 74.5 Å². The van der Waals surface area contributed by atoms with Crippen LogP contribution in [0.1, 0.15) is 57.8 Å². The van der Waals surface area contributed by atoms with Crippen LogP contribution in [0.25, 0.3) is 0 Å². The molecule has 4 N–H and O–H groups in total. The molecule has 2 atom stereocenters. The molecule has 21 heavy (non-hydrogen) atoms. The number of hydrogen-bond acceptors (Lipinski definition) is 3. The van der Waals surface area contributed by atoms with Crippen LogP contribution in [0.4, 0.5) is 0 Å². The van der Waals surface area contributed by atoms with E-state index in [-0.39, 0.29) is 5.54 Å². The monoisotopic (exact) mass is 292 g/mol. The molecule has 0 aromatic heterocycles. The van der Waals surface area contributed by atoms with Gasteiger partial charge in [0.25, 0.3) is 0 Å². The second-order valence-electron chi connectivity index (χ2n) is 8.53. The molecule has 0 heterocycles. The van der Waals surface area contributed by atoms with Crippen molar-refractivity contribution in [1.29, 1.82) is 0 Å². The minimum Gasteiger partial charge on any atom is -0.396 e. The largest absolute Gasteiger partial charge is 0.396 e. The topological polar surface area (TPSA) is 58.3 Å². The van der Waals surface area contributed by atoms with Crippen LogP contribution in [-0.2, 0) is 0 Å². The molecule has 0 amide bonds. The van der Waals surface area contributed by atoms with Crippen molar-refractivity contribution in [3.63, 3.8) is 0 Å². The summed E-state index contributed by atoms with van der Waals surface area (Å²) in [7, 11) is 0. The van der Waals surface area contributed by atoms with Gasteiger partial charge in [0.15, 0.2) is 0 Å². The van der Waals surface area contributed by atoms with Crippen molar-refractivity contribution in [2.75, 3.05) is 13.2 Å². The second-order valence-corrected chi connectivity index (χ2v) is 8.53. The lowest BCUT2D eigenvalue weighted by Gasteiger charge is -2.62. The van der Waals surface area contributed by atoms with Gasteiger partial charge in [0.2, 0.25) is 0 Å². The van der Waals surface area contributed by atoms with Crippen LogP contribution in [0, 0.1) is 29.6 Å². The molecule has 3 heteroatoms. The zero-order chi connectivity index (χ0) is 14.4. The predicted molar refractivity (Wildman–Crippen MR) is 84.8 cm³/mol. The molecule has 5 fully saturated rings. The first kappa shape index (κ1) is 14.5. The van der Waals surface area contributed by atoms with Crippen LogP contribution in [0.2, 0.25) is 0 Å². The number of hydrogen-bond donors (Lipinski definition) is 3. The van der Waals surface area contributed by atoms with Gasteiger partial charge in [0.05, 0.1) is 0 Å². The summed E-state index contributed by atoms with van der Waals surface area (Å²) in [5.74, 6) is 4.06. The predicted octanol–water partition coefficient (Wildman–Crippen LogP) is 2.28. The lowest BCUT2D eigenvalue weighted by molar-refractivity contribution is -0.0799. The summed E-state index contributed by atoms with van der Waals surface area (Å²) in [6, 6.07) is 0.504. The Morgan fingerprint density at radius 2 is 1.57 bits per heavy atom. The Labute approximate surface area is 129 Å². The van der Waals surface area contributed by atoms with Crippen molar-refractivity contribution in [2.45, 2.75) is 69.4 Å². The van der Waals surface area contributed by atoms with Crippen LogP contribution in [0.3, 0.4) is 0 Å². The van der Waals surface area contributed by atoms with E-state index in [1.807, 2.05) is 0 Å². The highest BCUT2D eigenvalue weighted by Gasteiger charge is 2.57. The van der Waals surface area contributed by atoms with Crippen molar-refractivity contribution in [3.8, 4) is 0 Å². The van der Waals surface area contributed by atoms with Crippen molar-refractivity contribution in [3.05, 3.63) is 0 Å². The molecular formula is C18H32N2O. The van der Waals surface area contributed by atoms with E-state index in [1.165, 1.54) is 57.8 Å². The lowest BCUT2D eigenvalue weighted by Crippen LogP contribution is -2.70. The molecule has 5 rings (SSSR count). The third-order valence-corrected chi connectivity index (χ3v) is 7.53. The highest BCUT2D eigenvalue weighted by atomic mass is 16.3. The fourth-order valence-electron chi connectivity index (χ4n) is 6.61. The standard InChI is InChI=1S/C18H32N2O/c19-11-18(20-17-4-2-1-3-14(17)10-21)15-6-12-5-13(8-15)9-16(18)7-12/h12-17,20-21H,1-11,19H2. The van der Waals surface area contributed by atoms with Gasteiger partial charge in [-0.25, -0.2) is 0 Å². The van der Waals surface area contributed by atoms with E-state index in [1.54, 1.807) is 0 Å². The van der Waals surface area contributed by atoms with Crippen LogP contribution in [0.5, 0.6) is 0 Å². The minimum atomic E-state index is 0.197. The molecule has 0 saturated heterocycles. The molecule has 5 saturated carbocycles. The van der Waals surface area contributed by atoms with E-state index in [2.05, 4.69) is 5.32 Å². The summed E-state index contributed by atoms with van der Waals surface area (Å²) in [6.45, 7) is 1.15. The van der Waals surface area contributed by atoms with E-state index >= 15 is 0 Å². The van der Waals surface area contributed by atoms with Gasteiger partial charge in [-0.2, -0.15) is 0 Å². The molecule has 5 aliphatic carbocycles. The molecule has 0 aromatic rings. The summed E-state index contributed by atoms with van der Waals surface area (Å²) in [4.78, 5) is 0. The molecule has 5 aliphatic rings. The Morgan fingerprint density at radius 3 is 2.14 bits per heavy atom. The number of aliphatic hydroxyl groups is 1. The molecule has 0 aromatic carbocycles. The van der Waals surface area contributed by atoms with Crippen molar-refractivity contribution in [1.82, 2.24) is 5.32 Å². The molecule has 0 radical (unpaired) electrons. The van der Waals surface area contributed by atoms with Gasteiger partial charge in [-0.15, -0.1) is 0 Å². The number of aliphatic hydroxyl groups excluding tert-OH is 1. The number of rotatable bonds is 4. The molecule has 2 unspecified atom stereocenters. The second kappa shape index (κ2) is 5.50. The zero-order valence-electron chi connectivity index (χ0n) is 13.3. The first-order valence-corrected chi connectivity index (χ1v) is 9.33. The van der Waals surface area contributed by atoms with Crippen LogP contribution in [0.15, 0.2) is 0 Å². The Balaban J connectivity index is 1.56. The van der Waals surface area contributed by atoms with Crippen LogP contribution < -0.4 is 11.1 Å². The van der Waals surface area contributed by atoms with Crippen LogP contribution >= 0.6 is 0 Å². The fourth-order valence-corrected chi connectivity index (χ4v) is 6.61. The Kier molecular flexibility index (Phi) is 3.79. The van der Waals surface area contributed by atoms with E-state index in [0.29, 0.717) is 18.6 Å². The Hall–Kier alpha value is -0.120. The maximum atomic E-state index is 9.73. The maximum absolute atomic E-state index is 9.73. The van der Waals surface area contributed by atoms with Crippen molar-refractivity contribution in [2.24, 2.45) is 35.3 Å². The van der Waals surface area contributed by atoms with E-state index in [9.17, 15) is 5.11 Å². The van der Waals surface area contributed by atoms with Gasteiger partial charge in [0.1, 0.15) is 0 Å². The Bertz CT molecular complexity index is 355. The normalized spacial score (nSPS) is 52.3. The first-order valence-electron chi connectivity index (χ1n) is 9.33. The lowest BCUT2D eigenvalue weighted by atomic mass is 9.48. The average Bonchev–Trinajstić information content (AvgIpc) is 2.51. The van der Waals surface area contributed by atoms with Gasteiger partial charge in [-0.1, -0.05) is 12.8 Å². The van der Waals surface area contributed by atoms with Crippen molar-refractivity contribution >= 4 is 0 Å². The molecule has 0 aliphatic heterocycles. The first-order chi connectivity index (χ1) is 10.2. The zero-order valence-corrected chi connectivity index (χ0v) is 13.3. The summed E-state index contributed by atoms with van der Waals surface area (Å²) >= 11 is 0. The quantitative estimate of drug-likeness (QED) is 0.745. The molecular weight excluding hydrogens is 260 g/mol. The highest BCUT2D eigenvalue weighted by molar-refractivity contribution is 5.13. The van der Waals surface area contributed by atoms with Crippen molar-refractivity contribution < 1.29 is 5.11 Å². The number of nitrogens with one attached hydrogen (secondary N) is 1. The smallest absolute Gasteiger partial charge is 0.0474 e. The Morgan fingerprint density at radius 1 is 0.952 bits per heavy atom. The van der Waals surface area contributed by atoms with Crippen LogP contribution in [-0.4, -0.2) is 29.8 Å². The average molecular weight is 292 g/mol. The minimum absolute atomic E-state index is 0.197. The van der Waals surface area contributed by atoms with E-state index < -0.39 is 0 Å². The molecule has 4 bridgehead atoms. The van der Waals surface area contributed by atoms with E-state index in [0.717, 1.165) is 30.2 Å². The highest BCUT2D eigenvalue weighted by Crippen LogP contribution is 2.58. The van der Waals surface area contributed by atoms with Gasteiger partial charge >= 0.3 is 0 Å². The summed E-state index contributed by atoms with van der Waals surface area (Å²) < 4.78 is 0. The summed E-state index contributed by atoms with van der Waals surface area (Å²) in [5, 5.41) is 13.8. The maximum Gasteiger partial charge on any atom is 0.0474 e. The van der Waals surface area contributed by atoms with Gasteiger partial charge in [-0.3, -0.25) is 0 Å². The SMILES string of the molecule is NCC1(NC2CCCCC2CO)C2CC3CC(C2)CC1C3. The molecule has 3 nitrogen and oxygen atoms in total. The fraction of sp³-hybridized carbons (Fsp3) is 1.00. The third-order valence-electron chi connectivity index (χ3n) is 7.53. The third kappa shape index (κ3) is 2.27. The molecule has 120 valence electrons.